The van der Waals surface area contributed by atoms with Crippen molar-refractivity contribution >= 4 is 29.1 Å². The molecule has 3 aromatic rings. The van der Waals surface area contributed by atoms with Crippen LogP contribution in [-0.2, 0) is 11.3 Å². The molecule has 2 aromatic heterocycles. The third kappa shape index (κ3) is 3.79. The molecule has 148 valence electrons. The molecular formula is C20H20N6O3. The summed E-state index contributed by atoms with van der Waals surface area (Å²) in [4.78, 5) is 40.2. The number of anilines is 1. The Hall–Kier alpha value is -3.75. The molecule has 1 aromatic carbocycles. The van der Waals surface area contributed by atoms with Gasteiger partial charge in [-0.25, -0.2) is 9.50 Å². The number of hydrogen-bond acceptors (Lipinski definition) is 5. The summed E-state index contributed by atoms with van der Waals surface area (Å²) < 4.78 is 1.28. The summed E-state index contributed by atoms with van der Waals surface area (Å²) in [6, 6.07) is 8.85. The largest absolute Gasteiger partial charge is 0.365 e. The lowest BCUT2D eigenvalue weighted by Crippen LogP contribution is -2.28. The van der Waals surface area contributed by atoms with Crippen LogP contribution in [0.25, 0.3) is 5.65 Å². The van der Waals surface area contributed by atoms with E-state index in [1.54, 1.807) is 0 Å². The molecule has 0 radical (unpaired) electrons. The summed E-state index contributed by atoms with van der Waals surface area (Å²) in [6.45, 7) is 0.264. The zero-order valence-corrected chi connectivity index (χ0v) is 15.6. The van der Waals surface area contributed by atoms with Crippen molar-refractivity contribution in [3.63, 3.8) is 0 Å². The molecule has 0 saturated heterocycles. The van der Waals surface area contributed by atoms with Gasteiger partial charge in [-0.05, 0) is 36.6 Å². The number of nitrogens with one attached hydrogen (secondary N) is 2. The highest BCUT2D eigenvalue weighted by Gasteiger charge is 2.25. The Labute approximate surface area is 166 Å². The van der Waals surface area contributed by atoms with Crippen LogP contribution in [0.1, 0.15) is 45.7 Å². The summed E-state index contributed by atoms with van der Waals surface area (Å²) >= 11 is 0. The van der Waals surface area contributed by atoms with Crippen molar-refractivity contribution in [2.24, 2.45) is 11.7 Å². The first kappa shape index (κ1) is 18.6. The first-order chi connectivity index (χ1) is 14.0. The van der Waals surface area contributed by atoms with E-state index in [2.05, 4.69) is 20.7 Å². The predicted octanol–water partition coefficient (Wildman–Crippen LogP) is 1.50. The highest BCUT2D eigenvalue weighted by Crippen LogP contribution is 2.27. The smallest absolute Gasteiger partial charge is 0.270 e. The average Bonchev–Trinajstić information content (AvgIpc) is 3.09. The zero-order valence-electron chi connectivity index (χ0n) is 15.6. The van der Waals surface area contributed by atoms with E-state index in [4.69, 9.17) is 5.73 Å². The summed E-state index contributed by atoms with van der Waals surface area (Å²) in [5, 5.41) is 9.78. The summed E-state index contributed by atoms with van der Waals surface area (Å²) in [5.41, 5.74) is 7.46. The van der Waals surface area contributed by atoms with Gasteiger partial charge in [-0.3, -0.25) is 14.4 Å². The van der Waals surface area contributed by atoms with Crippen molar-refractivity contribution in [1.82, 2.24) is 19.9 Å². The Bertz CT molecular complexity index is 1100. The Balaban J connectivity index is 1.45. The lowest BCUT2D eigenvalue weighted by molar-refractivity contribution is -0.122. The Kier molecular flexibility index (Phi) is 4.94. The first-order valence-electron chi connectivity index (χ1n) is 9.33. The highest BCUT2D eigenvalue weighted by molar-refractivity contribution is 6.00. The normalized spacial score (nSPS) is 13.7. The quantitative estimate of drug-likeness (QED) is 0.585. The topological polar surface area (TPSA) is 131 Å². The fourth-order valence-corrected chi connectivity index (χ4v) is 3.18. The number of carbonyl (C=O) groups is 3. The molecule has 1 saturated carbocycles. The maximum atomic E-state index is 12.6. The van der Waals surface area contributed by atoms with Gasteiger partial charge in [0.1, 0.15) is 11.3 Å². The molecule has 1 aliphatic rings. The van der Waals surface area contributed by atoms with E-state index in [1.807, 2.05) is 24.3 Å². The zero-order chi connectivity index (χ0) is 20.4. The molecule has 4 N–H and O–H groups in total. The van der Waals surface area contributed by atoms with Gasteiger partial charge >= 0.3 is 0 Å². The van der Waals surface area contributed by atoms with Crippen LogP contribution < -0.4 is 16.4 Å². The minimum Gasteiger partial charge on any atom is -0.365 e. The van der Waals surface area contributed by atoms with Gasteiger partial charge in [0.15, 0.2) is 5.65 Å². The molecule has 0 spiro atoms. The fraction of sp³-hybridized carbons (Fsp3) is 0.250. The minimum absolute atomic E-state index is 0.0422. The van der Waals surface area contributed by atoms with Gasteiger partial charge in [0.05, 0.1) is 6.20 Å². The molecule has 0 unspecified atom stereocenters. The lowest BCUT2D eigenvalue weighted by Gasteiger charge is -2.24. The number of primary amides is 1. The molecule has 0 atom stereocenters. The number of nitrogens with two attached hydrogens (primary N) is 1. The average molecular weight is 392 g/mol. The highest BCUT2D eigenvalue weighted by atomic mass is 16.2. The molecule has 1 aliphatic carbocycles. The van der Waals surface area contributed by atoms with Crippen molar-refractivity contribution in [2.45, 2.75) is 25.8 Å². The maximum Gasteiger partial charge on any atom is 0.270 e. The van der Waals surface area contributed by atoms with Crippen molar-refractivity contribution < 1.29 is 14.4 Å². The fourth-order valence-electron chi connectivity index (χ4n) is 3.18. The predicted molar refractivity (Wildman–Crippen MR) is 105 cm³/mol. The van der Waals surface area contributed by atoms with Crippen LogP contribution in [0, 0.1) is 5.92 Å². The number of aromatic nitrogens is 3. The second-order valence-corrected chi connectivity index (χ2v) is 6.99. The van der Waals surface area contributed by atoms with E-state index in [0.717, 1.165) is 24.8 Å². The van der Waals surface area contributed by atoms with Gasteiger partial charge in [0.25, 0.3) is 11.8 Å². The van der Waals surface area contributed by atoms with Crippen LogP contribution in [0.15, 0.2) is 42.7 Å². The number of hydrogen-bond donors (Lipinski definition) is 3. The summed E-state index contributed by atoms with van der Waals surface area (Å²) in [7, 11) is 0. The maximum absolute atomic E-state index is 12.6. The molecule has 0 bridgehead atoms. The van der Waals surface area contributed by atoms with Gasteiger partial charge in [0, 0.05) is 24.3 Å². The van der Waals surface area contributed by atoms with Gasteiger partial charge in [-0.1, -0.05) is 18.6 Å². The van der Waals surface area contributed by atoms with E-state index in [1.165, 1.54) is 23.0 Å². The second kappa shape index (κ2) is 7.70. The van der Waals surface area contributed by atoms with E-state index in [9.17, 15) is 14.4 Å². The van der Waals surface area contributed by atoms with E-state index < -0.39 is 5.91 Å². The van der Waals surface area contributed by atoms with Crippen LogP contribution >= 0.6 is 0 Å². The lowest BCUT2D eigenvalue weighted by atomic mass is 9.85. The first-order valence-corrected chi connectivity index (χ1v) is 9.33. The van der Waals surface area contributed by atoms with Crippen LogP contribution in [0.5, 0.6) is 0 Å². The Morgan fingerprint density at radius 2 is 2.03 bits per heavy atom. The monoisotopic (exact) mass is 392 g/mol. The van der Waals surface area contributed by atoms with Gasteiger partial charge < -0.3 is 16.4 Å². The number of fused-ring (bicyclic) bond motifs is 1. The van der Waals surface area contributed by atoms with Crippen molar-refractivity contribution in [2.75, 3.05) is 5.32 Å². The summed E-state index contributed by atoms with van der Waals surface area (Å²) in [5.74, 6) is -0.890. The molecule has 0 aliphatic heterocycles. The number of amides is 3. The molecule has 4 rings (SSSR count). The molecular weight excluding hydrogens is 372 g/mol. The standard InChI is InChI=1S/C20H20N6O3/c21-17(27)15-11-24-26-16(7-8-22-18(15)26)20(29)23-10-12-3-1-6-14(9-12)25-19(28)13-4-2-5-13/h1,3,6-9,11,13H,2,4-5,10H2,(H2,21,27)(H,23,29)(H,25,28). The number of nitrogens with zero attached hydrogens (tertiary/aromatic N) is 3. The van der Waals surface area contributed by atoms with Gasteiger partial charge in [0.2, 0.25) is 5.91 Å². The van der Waals surface area contributed by atoms with E-state index in [0.29, 0.717) is 5.69 Å². The second-order valence-electron chi connectivity index (χ2n) is 6.99. The molecule has 9 nitrogen and oxygen atoms in total. The number of rotatable bonds is 6. The van der Waals surface area contributed by atoms with Crippen molar-refractivity contribution in [1.29, 1.82) is 0 Å². The molecule has 3 amide bonds. The number of benzene rings is 1. The van der Waals surface area contributed by atoms with Crippen LogP contribution in [0.3, 0.4) is 0 Å². The third-order valence-electron chi connectivity index (χ3n) is 5.02. The van der Waals surface area contributed by atoms with Crippen LogP contribution in [0.2, 0.25) is 0 Å². The van der Waals surface area contributed by atoms with E-state index >= 15 is 0 Å². The molecule has 29 heavy (non-hydrogen) atoms. The van der Waals surface area contributed by atoms with Crippen molar-refractivity contribution in [3.8, 4) is 0 Å². The SMILES string of the molecule is NC(=O)c1cnn2c(C(=O)NCc3cccc(NC(=O)C4CCC4)c3)ccnc12. The Morgan fingerprint density at radius 1 is 1.21 bits per heavy atom. The van der Waals surface area contributed by atoms with Crippen LogP contribution in [0.4, 0.5) is 5.69 Å². The van der Waals surface area contributed by atoms with Crippen LogP contribution in [-0.4, -0.2) is 32.3 Å². The number of carbonyl (C=O) groups excluding carboxylic acids is 3. The summed E-state index contributed by atoms with van der Waals surface area (Å²) in [6.07, 6.45) is 5.69. The third-order valence-corrected chi connectivity index (χ3v) is 5.02. The van der Waals surface area contributed by atoms with Gasteiger partial charge in [-0.2, -0.15) is 5.10 Å². The van der Waals surface area contributed by atoms with E-state index in [-0.39, 0.29) is 41.2 Å². The molecule has 2 heterocycles. The van der Waals surface area contributed by atoms with Crippen molar-refractivity contribution in [3.05, 3.63) is 59.5 Å². The van der Waals surface area contributed by atoms with Gasteiger partial charge in [-0.15, -0.1) is 0 Å². The molecule has 9 heteroatoms. The minimum atomic E-state index is -0.661. The Morgan fingerprint density at radius 3 is 2.76 bits per heavy atom. The molecule has 1 fully saturated rings.